The van der Waals surface area contributed by atoms with Crippen molar-refractivity contribution in [2.75, 3.05) is 19.6 Å². The van der Waals surface area contributed by atoms with Gasteiger partial charge in [0.15, 0.2) is 0 Å². The van der Waals surface area contributed by atoms with Crippen molar-refractivity contribution >= 4 is 21.8 Å². The molecule has 0 bridgehead atoms. The van der Waals surface area contributed by atoms with Crippen LogP contribution < -0.4 is 10.6 Å². The lowest BCUT2D eigenvalue weighted by Gasteiger charge is -2.22. The molecule has 0 radical (unpaired) electrons. The number of amides is 1. The molecule has 0 saturated carbocycles. The Morgan fingerprint density at radius 1 is 1.53 bits per heavy atom. The highest BCUT2D eigenvalue weighted by molar-refractivity contribution is 9.10. The molecule has 2 N–H and O–H groups in total. The van der Waals surface area contributed by atoms with Crippen molar-refractivity contribution in [3.63, 3.8) is 0 Å². The number of piperidine rings is 1. The summed E-state index contributed by atoms with van der Waals surface area (Å²) in [6.07, 6.45) is 5.30. The van der Waals surface area contributed by atoms with Crippen LogP contribution in [0.4, 0.5) is 0 Å². The van der Waals surface area contributed by atoms with E-state index in [2.05, 4.69) is 33.5 Å². The van der Waals surface area contributed by atoms with Crippen LogP contribution in [0, 0.1) is 5.92 Å². The first kappa shape index (κ1) is 14.6. The molecule has 0 aliphatic carbocycles. The van der Waals surface area contributed by atoms with E-state index in [9.17, 15) is 4.79 Å². The molecule has 1 saturated heterocycles. The molecule has 0 aromatic carbocycles. The Bertz CT molecular complexity index is 424. The van der Waals surface area contributed by atoms with Gasteiger partial charge in [0.25, 0.3) is 5.91 Å². The molecular weight excluding hydrogens is 306 g/mol. The largest absolute Gasteiger partial charge is 0.350 e. The average Bonchev–Trinajstić information content (AvgIpc) is 2.79. The van der Waals surface area contributed by atoms with E-state index < -0.39 is 0 Å². The van der Waals surface area contributed by atoms with Gasteiger partial charge in [0.2, 0.25) is 0 Å². The Kier molecular flexibility index (Phi) is 5.45. The molecule has 0 spiro atoms. The lowest BCUT2D eigenvalue weighted by molar-refractivity contribution is 0.0935. The molecule has 19 heavy (non-hydrogen) atoms. The maximum Gasteiger partial charge on any atom is 0.267 e. The lowest BCUT2D eigenvalue weighted by atomic mass is 9.98. The van der Waals surface area contributed by atoms with Gasteiger partial charge in [-0.05, 0) is 60.3 Å². The minimum atomic E-state index is 0.0395. The van der Waals surface area contributed by atoms with Crippen LogP contribution in [0.1, 0.15) is 36.7 Å². The van der Waals surface area contributed by atoms with E-state index in [1.54, 1.807) is 0 Å². The summed E-state index contributed by atoms with van der Waals surface area (Å²) in [5.74, 6) is 0.654. The van der Waals surface area contributed by atoms with E-state index in [-0.39, 0.29) is 5.91 Å². The van der Waals surface area contributed by atoms with Gasteiger partial charge in [-0.15, -0.1) is 0 Å². The van der Waals surface area contributed by atoms with Crippen molar-refractivity contribution in [2.45, 2.75) is 32.7 Å². The van der Waals surface area contributed by atoms with Gasteiger partial charge in [-0.2, -0.15) is 0 Å². The molecule has 106 valence electrons. The summed E-state index contributed by atoms with van der Waals surface area (Å²) in [4.78, 5) is 12.2. The van der Waals surface area contributed by atoms with Gasteiger partial charge < -0.3 is 15.2 Å². The lowest BCUT2D eigenvalue weighted by Crippen LogP contribution is -2.36. The van der Waals surface area contributed by atoms with Gasteiger partial charge in [-0.3, -0.25) is 4.79 Å². The number of hydrogen-bond donors (Lipinski definition) is 2. The van der Waals surface area contributed by atoms with Crippen LogP contribution in [0.15, 0.2) is 16.7 Å². The molecule has 1 fully saturated rings. The first-order valence-electron chi connectivity index (χ1n) is 7.05. The van der Waals surface area contributed by atoms with Crippen LogP contribution in [0.5, 0.6) is 0 Å². The van der Waals surface area contributed by atoms with Crippen LogP contribution in [0.3, 0.4) is 0 Å². The third-order valence-electron chi connectivity index (χ3n) is 3.57. The first-order chi connectivity index (χ1) is 9.20. The summed E-state index contributed by atoms with van der Waals surface area (Å²) < 4.78 is 2.98. The van der Waals surface area contributed by atoms with Crippen molar-refractivity contribution in [1.82, 2.24) is 15.2 Å². The standard InChI is InChI=1S/C14H22BrN3O/c1-2-7-18-10-12(15)8-13(18)14(19)17-9-11-3-5-16-6-4-11/h8,10-11,16H,2-7,9H2,1H3,(H,17,19). The minimum absolute atomic E-state index is 0.0395. The van der Waals surface area contributed by atoms with Crippen LogP contribution in [0.25, 0.3) is 0 Å². The first-order valence-corrected chi connectivity index (χ1v) is 7.84. The molecule has 1 aliphatic rings. The van der Waals surface area contributed by atoms with Gasteiger partial charge in [0, 0.05) is 23.8 Å². The highest BCUT2D eigenvalue weighted by atomic mass is 79.9. The highest BCUT2D eigenvalue weighted by Gasteiger charge is 2.16. The maximum atomic E-state index is 12.2. The Morgan fingerprint density at radius 2 is 2.26 bits per heavy atom. The van der Waals surface area contributed by atoms with Gasteiger partial charge >= 0.3 is 0 Å². The molecule has 1 aromatic rings. The smallest absolute Gasteiger partial charge is 0.267 e. The number of nitrogens with one attached hydrogen (secondary N) is 2. The molecule has 2 rings (SSSR count). The molecule has 0 unspecified atom stereocenters. The average molecular weight is 328 g/mol. The molecule has 2 heterocycles. The number of nitrogens with zero attached hydrogens (tertiary/aromatic N) is 1. The van der Waals surface area contributed by atoms with Gasteiger partial charge in [-0.25, -0.2) is 0 Å². The predicted molar refractivity (Wildman–Crippen MR) is 80.3 cm³/mol. The second-order valence-corrected chi connectivity index (χ2v) is 6.06. The number of carbonyl (C=O) groups is 1. The number of aryl methyl sites for hydroxylation is 1. The third-order valence-corrected chi connectivity index (χ3v) is 4.00. The van der Waals surface area contributed by atoms with E-state index in [4.69, 9.17) is 0 Å². The SMILES string of the molecule is CCCn1cc(Br)cc1C(=O)NCC1CCNCC1. The van der Waals surface area contributed by atoms with Crippen molar-refractivity contribution < 1.29 is 4.79 Å². The minimum Gasteiger partial charge on any atom is -0.350 e. The molecule has 0 atom stereocenters. The molecule has 1 aliphatic heterocycles. The fourth-order valence-electron chi connectivity index (χ4n) is 2.50. The van der Waals surface area contributed by atoms with Crippen LogP contribution in [-0.2, 0) is 6.54 Å². The Balaban J connectivity index is 1.91. The summed E-state index contributed by atoms with van der Waals surface area (Å²) >= 11 is 3.44. The zero-order chi connectivity index (χ0) is 13.7. The summed E-state index contributed by atoms with van der Waals surface area (Å²) in [7, 11) is 0. The van der Waals surface area contributed by atoms with Gasteiger partial charge in [0.05, 0.1) is 0 Å². The van der Waals surface area contributed by atoms with E-state index >= 15 is 0 Å². The zero-order valence-corrected chi connectivity index (χ0v) is 13.0. The van der Waals surface area contributed by atoms with Gasteiger partial charge in [0.1, 0.15) is 5.69 Å². The number of aromatic nitrogens is 1. The summed E-state index contributed by atoms with van der Waals surface area (Å²) in [5, 5.41) is 6.41. The fraction of sp³-hybridized carbons (Fsp3) is 0.643. The van der Waals surface area contributed by atoms with Crippen molar-refractivity contribution in [2.24, 2.45) is 5.92 Å². The molecular formula is C14H22BrN3O. The number of rotatable bonds is 5. The Hall–Kier alpha value is -0.810. The third kappa shape index (κ3) is 4.08. The number of hydrogen-bond acceptors (Lipinski definition) is 2. The summed E-state index contributed by atoms with van der Waals surface area (Å²) in [5.41, 5.74) is 0.752. The second-order valence-electron chi connectivity index (χ2n) is 5.14. The van der Waals surface area contributed by atoms with Crippen LogP contribution in [-0.4, -0.2) is 30.1 Å². The molecule has 5 heteroatoms. The fourth-order valence-corrected chi connectivity index (χ4v) is 2.97. The molecule has 1 aromatic heterocycles. The van der Waals surface area contributed by atoms with Crippen molar-refractivity contribution in [3.05, 3.63) is 22.4 Å². The second kappa shape index (κ2) is 7.10. The predicted octanol–water partition coefficient (Wildman–Crippen LogP) is 2.39. The van der Waals surface area contributed by atoms with E-state index in [1.165, 1.54) is 0 Å². The van der Waals surface area contributed by atoms with E-state index in [0.717, 1.165) is 55.6 Å². The van der Waals surface area contributed by atoms with Crippen LogP contribution in [0.2, 0.25) is 0 Å². The summed E-state index contributed by atoms with van der Waals surface area (Å²) in [6, 6.07) is 1.90. The molecule has 4 nitrogen and oxygen atoms in total. The Labute approximate surface area is 123 Å². The van der Waals surface area contributed by atoms with Gasteiger partial charge in [-0.1, -0.05) is 6.92 Å². The van der Waals surface area contributed by atoms with Crippen LogP contribution >= 0.6 is 15.9 Å². The zero-order valence-electron chi connectivity index (χ0n) is 11.4. The Morgan fingerprint density at radius 3 is 2.95 bits per heavy atom. The monoisotopic (exact) mass is 327 g/mol. The normalized spacial score (nSPS) is 16.5. The van der Waals surface area contributed by atoms with E-state index in [1.807, 2.05) is 16.8 Å². The topological polar surface area (TPSA) is 46.1 Å². The summed E-state index contributed by atoms with van der Waals surface area (Å²) in [6.45, 7) is 5.92. The van der Waals surface area contributed by atoms with Crippen molar-refractivity contribution in [1.29, 1.82) is 0 Å². The number of carbonyl (C=O) groups excluding carboxylic acids is 1. The number of halogens is 1. The van der Waals surface area contributed by atoms with Crippen molar-refractivity contribution in [3.8, 4) is 0 Å². The molecule has 1 amide bonds. The maximum absolute atomic E-state index is 12.2. The quantitative estimate of drug-likeness (QED) is 0.872. The van der Waals surface area contributed by atoms with E-state index in [0.29, 0.717) is 5.92 Å². The highest BCUT2D eigenvalue weighted by Crippen LogP contribution is 2.16.